The quantitative estimate of drug-likeness (QED) is 0.414. The van der Waals surface area contributed by atoms with Crippen LogP contribution in [0.1, 0.15) is 16.2 Å². The summed E-state index contributed by atoms with van der Waals surface area (Å²) in [6, 6.07) is 15.0. The second kappa shape index (κ2) is 6.05. The number of rotatable bonds is 4. The molecule has 0 N–H and O–H groups in total. The minimum absolute atomic E-state index is 0.0852. The second-order valence-corrected chi connectivity index (χ2v) is 6.23. The topological polar surface area (TPSA) is 68.9 Å². The molecule has 0 bridgehead atoms. The smallest absolute Gasteiger partial charge is 0.257 e. The average Bonchev–Trinajstić information content (AvgIpc) is 3.02. The third-order valence-electron chi connectivity index (χ3n) is 3.61. The monoisotopic (exact) mass is 335 g/mol. The number of oxazole rings is 1. The molecule has 0 unspecified atom stereocenters. The summed E-state index contributed by atoms with van der Waals surface area (Å²) in [6.07, 6.45) is 0. The van der Waals surface area contributed by atoms with Gasteiger partial charge < -0.3 is 4.42 Å². The van der Waals surface area contributed by atoms with E-state index >= 15 is 0 Å². The summed E-state index contributed by atoms with van der Waals surface area (Å²) in [5.74, 6) is 0.124. The van der Waals surface area contributed by atoms with Crippen LogP contribution in [0.25, 0.3) is 22.1 Å². The number of carbonyl (C=O) groups is 1. The maximum Gasteiger partial charge on any atom is 0.257 e. The number of fused-ring (bicyclic) bond motifs is 2. The van der Waals surface area contributed by atoms with Gasteiger partial charge in [0.15, 0.2) is 11.4 Å². The molecule has 0 aliphatic rings. The molecule has 5 nitrogen and oxygen atoms in total. The Balaban J connectivity index is 1.56. The highest BCUT2D eigenvalue weighted by Gasteiger charge is 2.15. The maximum atomic E-state index is 12.5. The van der Waals surface area contributed by atoms with Crippen molar-refractivity contribution in [3.05, 3.63) is 59.9 Å². The van der Waals surface area contributed by atoms with E-state index in [1.165, 1.54) is 11.8 Å². The standard InChI is InChI=1S/C18H13N3O2S/c1-11-17(20-13-7-3-2-6-12(13)19-11)15(22)10-24-18-21-14-8-4-5-9-16(14)23-18/h2-9H,10H2,1H3. The van der Waals surface area contributed by atoms with Crippen LogP contribution in [0.15, 0.2) is 58.2 Å². The summed E-state index contributed by atoms with van der Waals surface area (Å²) < 4.78 is 5.62. The van der Waals surface area contributed by atoms with Crippen LogP contribution in [0.4, 0.5) is 0 Å². The molecule has 0 saturated heterocycles. The van der Waals surface area contributed by atoms with E-state index in [0.29, 0.717) is 22.2 Å². The number of ketones is 1. The number of hydrogen-bond donors (Lipinski definition) is 0. The van der Waals surface area contributed by atoms with Crippen molar-refractivity contribution < 1.29 is 9.21 Å². The Kier molecular flexibility index (Phi) is 3.74. The third kappa shape index (κ3) is 2.76. The molecule has 4 rings (SSSR count). The van der Waals surface area contributed by atoms with Crippen LogP contribution >= 0.6 is 11.8 Å². The highest BCUT2D eigenvalue weighted by atomic mass is 32.2. The minimum Gasteiger partial charge on any atom is -0.431 e. The molecular weight excluding hydrogens is 322 g/mol. The lowest BCUT2D eigenvalue weighted by atomic mass is 10.2. The summed E-state index contributed by atoms with van der Waals surface area (Å²) in [6.45, 7) is 1.80. The van der Waals surface area contributed by atoms with Gasteiger partial charge in [-0.1, -0.05) is 36.0 Å². The first-order valence-corrected chi connectivity index (χ1v) is 8.44. The fourth-order valence-electron chi connectivity index (χ4n) is 2.46. The molecule has 24 heavy (non-hydrogen) atoms. The van der Waals surface area contributed by atoms with E-state index in [1.54, 1.807) is 6.92 Å². The predicted molar refractivity (Wildman–Crippen MR) is 93.3 cm³/mol. The number of para-hydroxylation sites is 4. The molecule has 0 atom stereocenters. The van der Waals surface area contributed by atoms with Crippen LogP contribution in [0, 0.1) is 6.92 Å². The Morgan fingerprint density at radius 3 is 2.38 bits per heavy atom. The number of aryl methyl sites for hydroxylation is 1. The van der Waals surface area contributed by atoms with Crippen LogP contribution in [0.2, 0.25) is 0 Å². The number of aromatic nitrogens is 3. The van der Waals surface area contributed by atoms with Gasteiger partial charge in [0, 0.05) is 0 Å². The van der Waals surface area contributed by atoms with Crippen LogP contribution in [0.3, 0.4) is 0 Å². The first-order valence-electron chi connectivity index (χ1n) is 7.46. The van der Waals surface area contributed by atoms with Crippen molar-refractivity contribution in [1.82, 2.24) is 15.0 Å². The molecule has 2 heterocycles. The van der Waals surface area contributed by atoms with Crippen molar-refractivity contribution in [3.63, 3.8) is 0 Å². The molecule has 0 aliphatic heterocycles. The molecule has 4 aromatic rings. The Hall–Kier alpha value is -2.73. The molecule has 0 spiro atoms. The minimum atomic E-state index is -0.0852. The molecule has 2 aromatic carbocycles. The van der Waals surface area contributed by atoms with Gasteiger partial charge in [0.05, 0.1) is 22.5 Å². The van der Waals surface area contributed by atoms with E-state index in [4.69, 9.17) is 4.42 Å². The summed E-state index contributed by atoms with van der Waals surface area (Å²) in [5, 5.41) is 0.482. The Bertz CT molecular complexity index is 1030. The van der Waals surface area contributed by atoms with Crippen molar-refractivity contribution in [2.24, 2.45) is 0 Å². The van der Waals surface area contributed by atoms with E-state index in [1.807, 2.05) is 48.5 Å². The molecule has 0 amide bonds. The van der Waals surface area contributed by atoms with Crippen molar-refractivity contribution in [2.75, 3.05) is 5.75 Å². The summed E-state index contributed by atoms with van der Waals surface area (Å²) >= 11 is 1.27. The SMILES string of the molecule is Cc1nc2ccccc2nc1C(=O)CSc1nc2ccccc2o1. The van der Waals surface area contributed by atoms with Crippen molar-refractivity contribution in [1.29, 1.82) is 0 Å². The molecule has 6 heteroatoms. The largest absolute Gasteiger partial charge is 0.431 e. The predicted octanol–water partition coefficient (Wildman–Crippen LogP) is 4.05. The number of Topliss-reactive ketones (excluding diaryl/α,β-unsaturated/α-hetero) is 1. The van der Waals surface area contributed by atoms with Crippen LogP contribution < -0.4 is 0 Å². The fraction of sp³-hybridized carbons (Fsp3) is 0.111. The number of carbonyl (C=O) groups excluding carboxylic acids is 1. The lowest BCUT2D eigenvalue weighted by Gasteiger charge is -2.04. The van der Waals surface area contributed by atoms with E-state index in [2.05, 4.69) is 15.0 Å². The van der Waals surface area contributed by atoms with Gasteiger partial charge in [-0.3, -0.25) is 4.79 Å². The van der Waals surface area contributed by atoms with Crippen LogP contribution in [-0.2, 0) is 0 Å². The van der Waals surface area contributed by atoms with Crippen molar-refractivity contribution in [3.8, 4) is 0 Å². The van der Waals surface area contributed by atoms with Gasteiger partial charge in [0.2, 0.25) is 0 Å². The zero-order valence-electron chi connectivity index (χ0n) is 12.9. The Morgan fingerprint density at radius 1 is 0.958 bits per heavy atom. The average molecular weight is 335 g/mol. The molecular formula is C18H13N3O2S. The van der Waals surface area contributed by atoms with E-state index < -0.39 is 0 Å². The molecule has 0 radical (unpaired) electrons. The van der Waals surface area contributed by atoms with Gasteiger partial charge in [0.1, 0.15) is 11.2 Å². The molecule has 118 valence electrons. The van der Waals surface area contributed by atoms with Gasteiger partial charge in [-0.05, 0) is 31.2 Å². The fourth-order valence-corrected chi connectivity index (χ4v) is 3.16. The molecule has 0 fully saturated rings. The van der Waals surface area contributed by atoms with Crippen molar-refractivity contribution >= 4 is 39.7 Å². The Labute approximate surface area is 142 Å². The first-order chi connectivity index (χ1) is 11.7. The normalized spacial score (nSPS) is 11.2. The maximum absolute atomic E-state index is 12.5. The second-order valence-electron chi connectivity index (χ2n) is 5.31. The molecule has 0 aliphatic carbocycles. The van der Waals surface area contributed by atoms with E-state index in [0.717, 1.165) is 16.6 Å². The van der Waals surface area contributed by atoms with Crippen molar-refractivity contribution in [2.45, 2.75) is 12.1 Å². The molecule has 2 aromatic heterocycles. The third-order valence-corrected chi connectivity index (χ3v) is 4.44. The Morgan fingerprint density at radius 2 is 1.62 bits per heavy atom. The number of nitrogens with zero attached hydrogens (tertiary/aromatic N) is 3. The van der Waals surface area contributed by atoms with Crippen LogP contribution in [0.5, 0.6) is 0 Å². The lowest BCUT2D eigenvalue weighted by Crippen LogP contribution is -2.09. The van der Waals surface area contributed by atoms with Gasteiger partial charge in [-0.15, -0.1) is 0 Å². The molecule has 0 saturated carbocycles. The number of thioether (sulfide) groups is 1. The van der Waals surface area contributed by atoms with Gasteiger partial charge in [-0.25, -0.2) is 15.0 Å². The zero-order chi connectivity index (χ0) is 16.5. The van der Waals surface area contributed by atoms with Crippen LogP contribution in [-0.4, -0.2) is 26.5 Å². The number of benzene rings is 2. The summed E-state index contributed by atoms with van der Waals surface area (Å²) in [5.41, 5.74) is 4.05. The van der Waals surface area contributed by atoms with E-state index in [-0.39, 0.29) is 11.5 Å². The summed E-state index contributed by atoms with van der Waals surface area (Å²) in [7, 11) is 0. The highest BCUT2D eigenvalue weighted by molar-refractivity contribution is 7.99. The number of hydrogen-bond acceptors (Lipinski definition) is 6. The van der Waals surface area contributed by atoms with Gasteiger partial charge in [0.25, 0.3) is 5.22 Å². The van der Waals surface area contributed by atoms with Gasteiger partial charge >= 0.3 is 0 Å². The lowest BCUT2D eigenvalue weighted by molar-refractivity contribution is 0.101. The first kappa shape index (κ1) is 14.8. The van der Waals surface area contributed by atoms with Gasteiger partial charge in [-0.2, -0.15) is 0 Å². The highest BCUT2D eigenvalue weighted by Crippen LogP contribution is 2.24. The van der Waals surface area contributed by atoms with E-state index in [9.17, 15) is 4.79 Å². The zero-order valence-corrected chi connectivity index (χ0v) is 13.7. The summed E-state index contributed by atoms with van der Waals surface area (Å²) in [4.78, 5) is 25.8.